The molecule has 1 aromatic heterocycles. The van der Waals surface area contributed by atoms with Crippen molar-refractivity contribution in [1.29, 1.82) is 0 Å². The van der Waals surface area contributed by atoms with Crippen LogP contribution in [0.2, 0.25) is 0 Å². The van der Waals surface area contributed by atoms with Gasteiger partial charge in [0.2, 0.25) is 5.91 Å². The van der Waals surface area contributed by atoms with E-state index in [-0.39, 0.29) is 23.3 Å². The third-order valence-electron chi connectivity index (χ3n) is 3.54. The van der Waals surface area contributed by atoms with E-state index in [1.807, 2.05) is 24.5 Å². The van der Waals surface area contributed by atoms with Crippen LogP contribution in [-0.4, -0.2) is 25.6 Å². The summed E-state index contributed by atoms with van der Waals surface area (Å²) in [6.07, 6.45) is 0.672. The zero-order valence-corrected chi connectivity index (χ0v) is 14.3. The van der Waals surface area contributed by atoms with E-state index >= 15 is 0 Å². The highest BCUT2D eigenvalue weighted by molar-refractivity contribution is 7.99. The third-order valence-corrected chi connectivity index (χ3v) is 4.68. The predicted molar refractivity (Wildman–Crippen MR) is 90.6 cm³/mol. The zero-order valence-electron chi connectivity index (χ0n) is 13.5. The van der Waals surface area contributed by atoms with Gasteiger partial charge in [-0.25, -0.2) is 0 Å². The van der Waals surface area contributed by atoms with Crippen molar-refractivity contribution < 1.29 is 9.72 Å². The van der Waals surface area contributed by atoms with E-state index in [1.54, 1.807) is 12.1 Å². The maximum absolute atomic E-state index is 10.9. The first-order valence-electron chi connectivity index (χ1n) is 7.53. The van der Waals surface area contributed by atoms with Crippen molar-refractivity contribution in [1.82, 2.24) is 14.8 Å². The van der Waals surface area contributed by atoms with Crippen LogP contribution in [0.4, 0.5) is 5.69 Å². The van der Waals surface area contributed by atoms with Gasteiger partial charge in [0, 0.05) is 36.8 Å². The average molecular weight is 349 g/mol. The van der Waals surface area contributed by atoms with Gasteiger partial charge in [0.1, 0.15) is 5.82 Å². The Balaban J connectivity index is 2.16. The number of carbonyl (C=O) groups is 1. The monoisotopic (exact) mass is 349 g/mol. The molecule has 0 aliphatic heterocycles. The quantitative estimate of drug-likeness (QED) is 0.444. The van der Waals surface area contributed by atoms with E-state index in [1.165, 1.54) is 17.8 Å². The first kappa shape index (κ1) is 17.9. The number of aryl methyl sites for hydroxylation is 1. The lowest BCUT2D eigenvalue weighted by atomic mass is 10.1. The number of aromatic nitrogens is 3. The van der Waals surface area contributed by atoms with Crippen molar-refractivity contribution in [3.05, 3.63) is 45.8 Å². The van der Waals surface area contributed by atoms with Crippen LogP contribution in [-0.2, 0) is 17.8 Å². The number of hydrogen-bond donors (Lipinski definition) is 1. The molecule has 0 bridgehead atoms. The Bertz CT molecular complexity index is 746. The number of rotatable bonds is 8. The van der Waals surface area contributed by atoms with Crippen LogP contribution in [0.15, 0.2) is 29.4 Å². The fraction of sp³-hybridized carbons (Fsp3) is 0.400. The molecule has 24 heavy (non-hydrogen) atoms. The molecule has 0 saturated heterocycles. The predicted octanol–water partition coefficient (Wildman–Crippen LogP) is 2.48. The van der Waals surface area contributed by atoms with Crippen LogP contribution in [0.1, 0.15) is 36.9 Å². The molecule has 1 atom stereocenters. The average Bonchev–Trinajstić information content (AvgIpc) is 2.94. The second kappa shape index (κ2) is 7.91. The van der Waals surface area contributed by atoms with Crippen molar-refractivity contribution in [2.45, 2.75) is 43.6 Å². The van der Waals surface area contributed by atoms with Crippen molar-refractivity contribution in [2.24, 2.45) is 5.73 Å². The number of carbonyl (C=O) groups excluding carboxylic acids is 1. The van der Waals surface area contributed by atoms with Gasteiger partial charge in [-0.05, 0) is 19.4 Å². The Labute approximate surface area is 143 Å². The van der Waals surface area contributed by atoms with Gasteiger partial charge in [-0.15, -0.1) is 10.2 Å². The third kappa shape index (κ3) is 4.31. The zero-order chi connectivity index (χ0) is 17.7. The fourth-order valence-corrected chi connectivity index (χ4v) is 3.31. The second-order valence-electron chi connectivity index (χ2n) is 5.22. The summed E-state index contributed by atoms with van der Waals surface area (Å²) in [4.78, 5) is 21.4. The summed E-state index contributed by atoms with van der Waals surface area (Å²) in [5, 5.41) is 19.9. The molecule has 0 saturated carbocycles. The van der Waals surface area contributed by atoms with Gasteiger partial charge in [-0.3, -0.25) is 14.9 Å². The first-order chi connectivity index (χ1) is 11.4. The fourth-order valence-electron chi connectivity index (χ4n) is 2.26. The molecule has 1 aromatic carbocycles. The largest absolute Gasteiger partial charge is 0.370 e. The van der Waals surface area contributed by atoms with Crippen molar-refractivity contribution in [3.8, 4) is 0 Å². The van der Waals surface area contributed by atoms with Crippen LogP contribution in [0.25, 0.3) is 0 Å². The van der Waals surface area contributed by atoms with Gasteiger partial charge in [0.15, 0.2) is 5.16 Å². The standard InChI is InChI=1S/C15H19N5O3S/c1-3-19-14(8-7-13(16)21)17-18-15(19)24-10(2)11-5-4-6-12(9-11)20(22)23/h4-6,9-10H,3,7-8H2,1-2H3,(H2,16,21)/t10-/m1/s1. The minimum atomic E-state index is -0.405. The molecule has 0 unspecified atom stereocenters. The summed E-state index contributed by atoms with van der Waals surface area (Å²) < 4.78 is 1.93. The Morgan fingerprint density at radius 3 is 2.83 bits per heavy atom. The Kier molecular flexibility index (Phi) is 5.91. The Morgan fingerprint density at radius 1 is 1.46 bits per heavy atom. The number of hydrogen-bond acceptors (Lipinski definition) is 6. The summed E-state index contributed by atoms with van der Waals surface area (Å²) in [7, 11) is 0. The maximum Gasteiger partial charge on any atom is 0.269 e. The van der Waals surface area contributed by atoms with E-state index in [9.17, 15) is 14.9 Å². The number of amides is 1. The number of non-ortho nitro benzene ring substituents is 1. The molecule has 1 heterocycles. The number of thioether (sulfide) groups is 1. The van der Waals surface area contributed by atoms with Crippen LogP contribution in [0, 0.1) is 10.1 Å². The van der Waals surface area contributed by atoms with E-state index in [0.717, 1.165) is 10.7 Å². The molecule has 0 spiro atoms. The second-order valence-corrected chi connectivity index (χ2v) is 6.53. The van der Waals surface area contributed by atoms with Crippen LogP contribution in [0.3, 0.4) is 0 Å². The number of primary amides is 1. The van der Waals surface area contributed by atoms with Gasteiger partial charge >= 0.3 is 0 Å². The molecule has 2 aromatic rings. The lowest BCUT2D eigenvalue weighted by Gasteiger charge is -2.12. The number of nitro benzene ring substituents is 1. The lowest BCUT2D eigenvalue weighted by Crippen LogP contribution is -2.13. The molecule has 0 aliphatic rings. The molecule has 2 N–H and O–H groups in total. The molecule has 9 heteroatoms. The summed E-state index contributed by atoms with van der Waals surface area (Å²) in [6, 6.07) is 6.56. The summed E-state index contributed by atoms with van der Waals surface area (Å²) in [6.45, 7) is 4.60. The number of benzene rings is 1. The summed E-state index contributed by atoms with van der Waals surface area (Å²) in [5.74, 6) is 0.338. The smallest absolute Gasteiger partial charge is 0.269 e. The highest BCUT2D eigenvalue weighted by Crippen LogP contribution is 2.35. The Hall–Kier alpha value is -2.42. The molecule has 1 amide bonds. The van der Waals surface area contributed by atoms with E-state index in [4.69, 9.17) is 5.73 Å². The van der Waals surface area contributed by atoms with E-state index in [2.05, 4.69) is 10.2 Å². The van der Waals surface area contributed by atoms with Gasteiger partial charge < -0.3 is 10.3 Å². The summed E-state index contributed by atoms with van der Waals surface area (Å²) >= 11 is 1.47. The molecule has 0 radical (unpaired) electrons. The van der Waals surface area contributed by atoms with Crippen molar-refractivity contribution in [3.63, 3.8) is 0 Å². The molecular weight excluding hydrogens is 330 g/mol. The van der Waals surface area contributed by atoms with E-state index in [0.29, 0.717) is 18.8 Å². The highest BCUT2D eigenvalue weighted by atomic mass is 32.2. The molecule has 0 fully saturated rings. The lowest BCUT2D eigenvalue weighted by molar-refractivity contribution is -0.384. The van der Waals surface area contributed by atoms with Gasteiger partial charge in [-0.1, -0.05) is 23.9 Å². The topological polar surface area (TPSA) is 117 Å². The van der Waals surface area contributed by atoms with Gasteiger partial charge in [0.05, 0.1) is 4.92 Å². The van der Waals surface area contributed by atoms with E-state index < -0.39 is 4.92 Å². The number of nitro groups is 1. The van der Waals surface area contributed by atoms with Crippen molar-refractivity contribution in [2.75, 3.05) is 0 Å². The minimum absolute atomic E-state index is 0.0246. The number of nitrogens with zero attached hydrogens (tertiary/aromatic N) is 4. The van der Waals surface area contributed by atoms with Crippen LogP contribution in [0.5, 0.6) is 0 Å². The summed E-state index contributed by atoms with van der Waals surface area (Å²) in [5.41, 5.74) is 6.09. The van der Waals surface area contributed by atoms with Crippen molar-refractivity contribution >= 4 is 23.4 Å². The first-order valence-corrected chi connectivity index (χ1v) is 8.41. The SMILES string of the molecule is CCn1c(CCC(N)=O)nnc1S[C@H](C)c1cccc([N+](=O)[O-])c1. The van der Waals surface area contributed by atoms with Crippen LogP contribution >= 0.6 is 11.8 Å². The molecule has 0 aliphatic carbocycles. The molecule has 2 rings (SSSR count). The number of nitrogens with two attached hydrogens (primary N) is 1. The Morgan fingerprint density at radius 2 is 2.21 bits per heavy atom. The molecular formula is C15H19N5O3S. The highest BCUT2D eigenvalue weighted by Gasteiger charge is 2.17. The molecule has 8 nitrogen and oxygen atoms in total. The molecule has 128 valence electrons. The minimum Gasteiger partial charge on any atom is -0.370 e. The normalized spacial score (nSPS) is 12.1. The maximum atomic E-state index is 10.9. The van der Waals surface area contributed by atoms with Crippen LogP contribution < -0.4 is 5.73 Å². The van der Waals surface area contributed by atoms with Gasteiger partial charge in [0.25, 0.3) is 5.69 Å². The van der Waals surface area contributed by atoms with Gasteiger partial charge in [-0.2, -0.15) is 0 Å².